The molecule has 1 unspecified atom stereocenters. The maximum atomic E-state index is 6.09. The summed E-state index contributed by atoms with van der Waals surface area (Å²) in [6.07, 6.45) is 4.42. The molecule has 0 spiro atoms. The highest BCUT2D eigenvalue weighted by Crippen LogP contribution is 2.54. The Bertz CT molecular complexity index is 680. The maximum absolute atomic E-state index is 6.09. The van der Waals surface area contributed by atoms with Crippen molar-refractivity contribution in [2.45, 2.75) is 0 Å². The molecule has 2 heterocycles. The van der Waals surface area contributed by atoms with Gasteiger partial charge in [-0.3, -0.25) is 0 Å². The van der Waals surface area contributed by atoms with E-state index in [2.05, 4.69) is 48.6 Å². The zero-order valence-electron chi connectivity index (χ0n) is 10.7. The summed E-state index contributed by atoms with van der Waals surface area (Å²) in [5.41, 5.74) is 2.42. The molecular weight excluding hydrogens is 284 g/mol. The van der Waals surface area contributed by atoms with Crippen LogP contribution in [0.1, 0.15) is 11.1 Å². The monoisotopic (exact) mass is 296 g/mol. The Morgan fingerprint density at radius 1 is 0.750 bits per heavy atom. The molecule has 0 radical (unpaired) electrons. The van der Waals surface area contributed by atoms with Gasteiger partial charge in [0.2, 0.25) is 0 Å². The van der Waals surface area contributed by atoms with Crippen molar-refractivity contribution in [1.82, 2.24) is 0 Å². The van der Waals surface area contributed by atoms with Crippen molar-refractivity contribution in [3.05, 3.63) is 83.9 Å². The average molecular weight is 296 g/mol. The van der Waals surface area contributed by atoms with Crippen LogP contribution in [-0.4, -0.2) is 4.86 Å². The van der Waals surface area contributed by atoms with Crippen molar-refractivity contribution >= 4 is 36.1 Å². The van der Waals surface area contributed by atoms with Crippen LogP contribution >= 0.6 is 20.6 Å². The number of hydrogen-bond acceptors (Lipinski definition) is 2. The second kappa shape index (κ2) is 5.00. The van der Waals surface area contributed by atoms with E-state index in [4.69, 9.17) is 4.18 Å². The lowest BCUT2D eigenvalue weighted by molar-refractivity contribution is 0.615. The van der Waals surface area contributed by atoms with Crippen LogP contribution in [0.3, 0.4) is 0 Å². The summed E-state index contributed by atoms with van der Waals surface area (Å²) < 4.78 is 6.09. The van der Waals surface area contributed by atoms with Gasteiger partial charge < -0.3 is 4.18 Å². The van der Waals surface area contributed by atoms with Crippen LogP contribution in [0.5, 0.6) is 0 Å². The van der Waals surface area contributed by atoms with Crippen molar-refractivity contribution in [2.75, 3.05) is 0 Å². The van der Waals surface area contributed by atoms with Crippen LogP contribution in [-0.2, 0) is 4.18 Å². The number of rotatable bonds is 2. The summed E-state index contributed by atoms with van der Waals surface area (Å²) >= 11 is 0. The molecule has 0 saturated heterocycles. The molecule has 0 aromatic heterocycles. The smallest absolute Gasteiger partial charge is 0.146 e. The summed E-state index contributed by atoms with van der Waals surface area (Å²) in [7, 11) is 1.63. The first-order chi connectivity index (χ1) is 9.90. The van der Waals surface area contributed by atoms with Gasteiger partial charge in [-0.05, 0) is 28.5 Å². The van der Waals surface area contributed by atoms with Crippen LogP contribution in [0.4, 0.5) is 0 Å². The zero-order valence-corrected chi connectivity index (χ0v) is 12.3. The third-order valence-electron chi connectivity index (χ3n) is 3.19. The minimum Gasteiger partial charge on any atom is -0.422 e. The maximum Gasteiger partial charge on any atom is 0.146 e. The first-order valence-electron chi connectivity index (χ1n) is 6.42. The van der Waals surface area contributed by atoms with Gasteiger partial charge in [-0.1, -0.05) is 60.7 Å². The highest BCUT2D eigenvalue weighted by atomic mass is 33.1. The summed E-state index contributed by atoms with van der Waals surface area (Å²) in [5, 5.41) is 0. The van der Waals surface area contributed by atoms with Gasteiger partial charge in [-0.25, -0.2) is 0 Å². The molecule has 0 saturated carbocycles. The molecule has 0 amide bonds. The van der Waals surface area contributed by atoms with Gasteiger partial charge in [0.05, 0.1) is 14.7 Å². The summed E-state index contributed by atoms with van der Waals surface area (Å²) in [6.45, 7) is 0. The molecule has 98 valence electrons. The van der Waals surface area contributed by atoms with Gasteiger partial charge in [0, 0.05) is 10.5 Å². The molecule has 20 heavy (non-hydrogen) atoms. The van der Waals surface area contributed by atoms with Crippen LogP contribution in [0, 0.1) is 0 Å². The lowest BCUT2D eigenvalue weighted by Crippen LogP contribution is -1.84. The van der Waals surface area contributed by atoms with E-state index in [0.29, 0.717) is 0 Å². The molecule has 1 atom stereocenters. The van der Waals surface area contributed by atoms with Gasteiger partial charge in [-0.2, -0.15) is 0 Å². The number of benzene rings is 2. The SMILES string of the molecule is C1=C(c2ccccc2)OS2=C1C=C(c1ccccc1)S2. The molecule has 0 bridgehead atoms. The molecule has 0 N–H and O–H groups in total. The Morgan fingerprint density at radius 2 is 1.40 bits per heavy atom. The third kappa shape index (κ3) is 2.13. The van der Waals surface area contributed by atoms with E-state index in [-0.39, 0.29) is 9.80 Å². The van der Waals surface area contributed by atoms with Crippen molar-refractivity contribution in [1.29, 1.82) is 0 Å². The van der Waals surface area contributed by atoms with E-state index in [0.717, 1.165) is 11.3 Å². The Balaban J connectivity index is 1.62. The summed E-state index contributed by atoms with van der Waals surface area (Å²) in [6, 6.07) is 20.8. The zero-order chi connectivity index (χ0) is 13.4. The van der Waals surface area contributed by atoms with E-state index in [1.54, 1.807) is 0 Å². The van der Waals surface area contributed by atoms with Crippen LogP contribution in [0.15, 0.2) is 72.8 Å². The Morgan fingerprint density at radius 3 is 2.05 bits per heavy atom. The van der Waals surface area contributed by atoms with Crippen molar-refractivity contribution in [3.8, 4) is 0 Å². The van der Waals surface area contributed by atoms with E-state index in [1.807, 2.05) is 35.1 Å². The molecule has 4 rings (SSSR count). The molecule has 0 aliphatic carbocycles. The van der Waals surface area contributed by atoms with Crippen LogP contribution < -0.4 is 0 Å². The standard InChI is InChI=1S/C17H12OS2/c1-3-7-13(8-4-1)16-11-15-12-17(19-20(15)18-16)14-9-5-2-6-10-14/h1-12H. The average Bonchev–Trinajstić information content (AvgIpc) is 3.08. The van der Waals surface area contributed by atoms with E-state index in [1.165, 1.54) is 15.3 Å². The molecule has 3 heteroatoms. The summed E-state index contributed by atoms with van der Waals surface area (Å²) in [4.78, 5) is 2.58. The van der Waals surface area contributed by atoms with Crippen molar-refractivity contribution in [3.63, 3.8) is 0 Å². The molecular formula is C17H12OS2. The normalized spacial score (nSPS) is 20.2. The molecule has 2 aromatic carbocycles. The molecule has 2 aromatic rings. The predicted octanol–water partition coefficient (Wildman–Crippen LogP) is 5.12. The van der Waals surface area contributed by atoms with Gasteiger partial charge in [0.25, 0.3) is 0 Å². The second-order valence-electron chi connectivity index (χ2n) is 4.55. The van der Waals surface area contributed by atoms with Gasteiger partial charge in [0.15, 0.2) is 0 Å². The fourth-order valence-corrected chi connectivity index (χ4v) is 5.61. The highest BCUT2D eigenvalue weighted by Gasteiger charge is 2.24. The minimum atomic E-state index is -0.181. The number of allylic oxidation sites excluding steroid dienone is 2. The largest absolute Gasteiger partial charge is 0.422 e. The predicted molar refractivity (Wildman–Crippen MR) is 90.1 cm³/mol. The molecule has 0 fully saturated rings. The lowest BCUT2D eigenvalue weighted by atomic mass is 10.1. The fraction of sp³-hybridized carbons (Fsp3) is 0. The number of hydrogen-bond donors (Lipinski definition) is 0. The minimum absolute atomic E-state index is 0.181. The Labute approximate surface area is 124 Å². The first-order valence-corrected chi connectivity index (χ1v) is 8.90. The van der Waals surface area contributed by atoms with E-state index in [9.17, 15) is 0 Å². The highest BCUT2D eigenvalue weighted by molar-refractivity contribution is 8.86. The molecule has 2 aliphatic heterocycles. The summed E-state index contributed by atoms with van der Waals surface area (Å²) in [5.74, 6) is 0.986. The van der Waals surface area contributed by atoms with E-state index >= 15 is 0 Å². The molecule has 2 aliphatic rings. The van der Waals surface area contributed by atoms with Crippen LogP contribution in [0.2, 0.25) is 0 Å². The second-order valence-corrected chi connectivity index (χ2v) is 7.68. The quantitative estimate of drug-likeness (QED) is 0.562. The van der Waals surface area contributed by atoms with Crippen molar-refractivity contribution < 1.29 is 4.18 Å². The third-order valence-corrected chi connectivity index (χ3v) is 6.60. The topological polar surface area (TPSA) is 9.23 Å². The van der Waals surface area contributed by atoms with Crippen molar-refractivity contribution in [2.24, 2.45) is 0 Å². The Kier molecular flexibility index (Phi) is 3.02. The fourth-order valence-electron chi connectivity index (χ4n) is 2.19. The van der Waals surface area contributed by atoms with Gasteiger partial charge in [-0.15, -0.1) is 0 Å². The van der Waals surface area contributed by atoms with E-state index < -0.39 is 0 Å². The van der Waals surface area contributed by atoms with Crippen LogP contribution in [0.25, 0.3) is 10.7 Å². The molecule has 1 nitrogen and oxygen atoms in total. The Hall–Kier alpha value is -1.71. The first kappa shape index (κ1) is 12.1. The lowest BCUT2D eigenvalue weighted by Gasteiger charge is -2.08. The van der Waals surface area contributed by atoms with Gasteiger partial charge in [0.1, 0.15) is 5.76 Å². The van der Waals surface area contributed by atoms with Gasteiger partial charge >= 0.3 is 0 Å².